The third kappa shape index (κ3) is 5.56. The minimum absolute atomic E-state index is 0.246. The van der Waals surface area contributed by atoms with Crippen molar-refractivity contribution in [3.8, 4) is 0 Å². The summed E-state index contributed by atoms with van der Waals surface area (Å²) in [6.45, 7) is 9.94. The fourth-order valence-electron chi connectivity index (χ4n) is 1.07. The number of aliphatic hydroxyl groups excluding tert-OH is 1. The van der Waals surface area contributed by atoms with Crippen molar-refractivity contribution >= 4 is 0 Å². The Labute approximate surface area is 76.4 Å². The number of hydrogen-bond acceptors (Lipinski definition) is 2. The average molecular weight is 173 g/mol. The van der Waals surface area contributed by atoms with E-state index in [4.69, 9.17) is 5.11 Å². The summed E-state index contributed by atoms with van der Waals surface area (Å²) < 4.78 is 0. The van der Waals surface area contributed by atoms with Gasteiger partial charge in [0, 0.05) is 6.04 Å². The van der Waals surface area contributed by atoms with Crippen molar-refractivity contribution in [3.63, 3.8) is 0 Å². The molecule has 0 saturated carbocycles. The van der Waals surface area contributed by atoms with E-state index in [2.05, 4.69) is 33.0 Å². The van der Waals surface area contributed by atoms with E-state index < -0.39 is 0 Å². The summed E-state index contributed by atoms with van der Waals surface area (Å²) in [7, 11) is 0. The predicted octanol–water partition coefficient (Wildman–Crippen LogP) is 1.64. The maximum atomic E-state index is 9.00. The number of aliphatic hydroxyl groups is 1. The highest BCUT2D eigenvalue weighted by Crippen LogP contribution is 2.02. The van der Waals surface area contributed by atoms with Crippen LogP contribution in [0.2, 0.25) is 0 Å². The van der Waals surface area contributed by atoms with Gasteiger partial charge in [-0.2, -0.15) is 0 Å². The van der Waals surface area contributed by atoms with Gasteiger partial charge in [-0.1, -0.05) is 27.7 Å². The average Bonchev–Trinajstić information content (AvgIpc) is 1.96. The van der Waals surface area contributed by atoms with E-state index in [-0.39, 0.29) is 12.6 Å². The summed E-state index contributed by atoms with van der Waals surface area (Å²) in [5, 5.41) is 12.3. The Morgan fingerprint density at radius 1 is 1.17 bits per heavy atom. The zero-order chi connectivity index (χ0) is 9.56. The van der Waals surface area contributed by atoms with Gasteiger partial charge < -0.3 is 10.4 Å². The summed E-state index contributed by atoms with van der Waals surface area (Å²) in [4.78, 5) is 0. The van der Waals surface area contributed by atoms with Crippen molar-refractivity contribution in [3.05, 3.63) is 0 Å². The Morgan fingerprint density at radius 3 is 2.08 bits per heavy atom. The molecule has 0 saturated heterocycles. The quantitative estimate of drug-likeness (QED) is 0.640. The van der Waals surface area contributed by atoms with Crippen LogP contribution in [0.1, 0.15) is 34.1 Å². The highest BCUT2D eigenvalue weighted by molar-refractivity contribution is 4.68. The summed E-state index contributed by atoms with van der Waals surface area (Å²) in [5.41, 5.74) is 0. The molecular formula is C10H23NO. The monoisotopic (exact) mass is 173 g/mol. The van der Waals surface area contributed by atoms with Crippen LogP contribution in [0, 0.1) is 11.8 Å². The Balaban J connectivity index is 3.45. The first-order valence-corrected chi connectivity index (χ1v) is 4.92. The highest BCUT2D eigenvalue weighted by Gasteiger charge is 2.10. The van der Waals surface area contributed by atoms with E-state index in [1.165, 1.54) is 6.42 Å². The molecule has 1 atom stereocenters. The van der Waals surface area contributed by atoms with Crippen molar-refractivity contribution in [1.29, 1.82) is 0 Å². The van der Waals surface area contributed by atoms with Gasteiger partial charge in [0.15, 0.2) is 0 Å². The fourth-order valence-corrected chi connectivity index (χ4v) is 1.07. The molecule has 0 amide bonds. The summed E-state index contributed by atoms with van der Waals surface area (Å²) in [6.07, 6.45) is 1.18. The third-order valence-electron chi connectivity index (χ3n) is 2.13. The molecule has 0 rings (SSSR count). The first kappa shape index (κ1) is 11.9. The lowest BCUT2D eigenvalue weighted by molar-refractivity contribution is 0.209. The van der Waals surface area contributed by atoms with Crippen molar-refractivity contribution in [2.45, 2.75) is 40.2 Å². The van der Waals surface area contributed by atoms with Gasteiger partial charge in [0.25, 0.3) is 0 Å². The van der Waals surface area contributed by atoms with E-state index in [0.29, 0.717) is 5.92 Å². The van der Waals surface area contributed by atoms with Gasteiger partial charge in [-0.05, 0) is 24.8 Å². The second-order valence-electron chi connectivity index (χ2n) is 4.17. The molecule has 0 bridgehead atoms. The first-order chi connectivity index (χ1) is 5.57. The molecule has 0 unspecified atom stereocenters. The Bertz CT molecular complexity index is 102. The van der Waals surface area contributed by atoms with Crippen LogP contribution in [-0.4, -0.2) is 24.3 Å². The molecule has 2 heteroatoms. The topological polar surface area (TPSA) is 32.3 Å². The molecule has 0 aromatic rings. The Hall–Kier alpha value is -0.0800. The van der Waals surface area contributed by atoms with E-state index in [1.54, 1.807) is 0 Å². The summed E-state index contributed by atoms with van der Waals surface area (Å²) in [5.74, 6) is 1.26. The molecule has 2 N–H and O–H groups in total. The van der Waals surface area contributed by atoms with Crippen LogP contribution < -0.4 is 5.32 Å². The Kier molecular flexibility index (Phi) is 6.39. The van der Waals surface area contributed by atoms with Crippen LogP contribution in [0.5, 0.6) is 0 Å². The van der Waals surface area contributed by atoms with Crippen molar-refractivity contribution in [1.82, 2.24) is 5.32 Å². The molecule has 0 fully saturated rings. The SMILES string of the molecule is CC(C)CCN[C@H](CO)C(C)C. The lowest BCUT2D eigenvalue weighted by atomic mass is 10.0. The smallest absolute Gasteiger partial charge is 0.0587 e. The molecule has 0 aromatic carbocycles. The lowest BCUT2D eigenvalue weighted by Crippen LogP contribution is -2.37. The zero-order valence-corrected chi connectivity index (χ0v) is 8.80. The maximum absolute atomic E-state index is 9.00. The van der Waals surface area contributed by atoms with Gasteiger partial charge >= 0.3 is 0 Å². The molecule has 2 nitrogen and oxygen atoms in total. The summed E-state index contributed by atoms with van der Waals surface area (Å²) >= 11 is 0. The van der Waals surface area contributed by atoms with Gasteiger partial charge in [0.2, 0.25) is 0 Å². The van der Waals surface area contributed by atoms with Crippen LogP contribution in [0.25, 0.3) is 0 Å². The summed E-state index contributed by atoms with van der Waals surface area (Å²) in [6, 6.07) is 0.267. The van der Waals surface area contributed by atoms with Gasteiger partial charge in [0.1, 0.15) is 0 Å². The van der Waals surface area contributed by atoms with Gasteiger partial charge in [-0.3, -0.25) is 0 Å². The molecule has 0 spiro atoms. The normalized spacial score (nSPS) is 14.2. The first-order valence-electron chi connectivity index (χ1n) is 4.92. The van der Waals surface area contributed by atoms with E-state index in [1.807, 2.05) is 0 Å². The standard InChI is InChI=1S/C10H23NO/c1-8(2)5-6-11-10(7-12)9(3)4/h8-12H,5-7H2,1-4H3/t10-/m1/s1. The second kappa shape index (κ2) is 6.44. The number of rotatable bonds is 6. The molecule has 0 aromatic heterocycles. The molecule has 74 valence electrons. The van der Waals surface area contributed by atoms with Crippen LogP contribution in [-0.2, 0) is 0 Å². The predicted molar refractivity (Wildman–Crippen MR) is 53.2 cm³/mol. The minimum atomic E-state index is 0.246. The van der Waals surface area contributed by atoms with Crippen LogP contribution in [0.4, 0.5) is 0 Å². The lowest BCUT2D eigenvalue weighted by Gasteiger charge is -2.20. The number of nitrogens with one attached hydrogen (secondary N) is 1. The largest absolute Gasteiger partial charge is 0.395 e. The molecule has 0 aliphatic rings. The van der Waals surface area contributed by atoms with Crippen LogP contribution in [0.3, 0.4) is 0 Å². The van der Waals surface area contributed by atoms with Crippen LogP contribution >= 0.6 is 0 Å². The van der Waals surface area contributed by atoms with Crippen molar-refractivity contribution in [2.24, 2.45) is 11.8 Å². The molecule has 0 radical (unpaired) electrons. The minimum Gasteiger partial charge on any atom is -0.395 e. The fraction of sp³-hybridized carbons (Fsp3) is 1.00. The van der Waals surface area contributed by atoms with Gasteiger partial charge in [-0.15, -0.1) is 0 Å². The Morgan fingerprint density at radius 2 is 1.75 bits per heavy atom. The maximum Gasteiger partial charge on any atom is 0.0587 e. The molecular weight excluding hydrogens is 150 g/mol. The van der Waals surface area contributed by atoms with E-state index >= 15 is 0 Å². The van der Waals surface area contributed by atoms with Gasteiger partial charge in [-0.25, -0.2) is 0 Å². The highest BCUT2D eigenvalue weighted by atomic mass is 16.3. The second-order valence-corrected chi connectivity index (χ2v) is 4.17. The zero-order valence-electron chi connectivity index (χ0n) is 8.80. The van der Waals surface area contributed by atoms with Crippen molar-refractivity contribution < 1.29 is 5.11 Å². The molecule has 0 heterocycles. The molecule has 0 aliphatic heterocycles. The van der Waals surface area contributed by atoms with Gasteiger partial charge in [0.05, 0.1) is 6.61 Å². The third-order valence-corrected chi connectivity index (χ3v) is 2.13. The van der Waals surface area contributed by atoms with Crippen LogP contribution in [0.15, 0.2) is 0 Å². The molecule has 0 aliphatic carbocycles. The van der Waals surface area contributed by atoms with E-state index in [0.717, 1.165) is 12.5 Å². The van der Waals surface area contributed by atoms with Crippen molar-refractivity contribution in [2.75, 3.05) is 13.2 Å². The molecule has 12 heavy (non-hydrogen) atoms. The number of hydrogen-bond donors (Lipinski definition) is 2. The van der Waals surface area contributed by atoms with E-state index in [9.17, 15) is 0 Å².